The highest BCUT2D eigenvalue weighted by Crippen LogP contribution is 2.58. The maximum absolute atomic E-state index is 6.79. The quantitative estimate of drug-likeness (QED) is 0.167. The van der Waals surface area contributed by atoms with Crippen molar-refractivity contribution in [3.05, 3.63) is 156 Å². The molecule has 0 amide bonds. The molecule has 8 aromatic rings. The highest BCUT2D eigenvalue weighted by molar-refractivity contribution is 7.23. The number of rotatable bonds is 1. The summed E-state index contributed by atoms with van der Waals surface area (Å²) in [5, 5.41) is 2.51. The molecule has 2 heterocycles. The van der Waals surface area contributed by atoms with Crippen molar-refractivity contribution in [1.29, 1.82) is 0 Å². The first-order valence-corrected chi connectivity index (χ1v) is 19.4. The third kappa shape index (κ3) is 4.60. The van der Waals surface area contributed by atoms with Gasteiger partial charge < -0.3 is 4.42 Å². The molecule has 0 fully saturated rings. The zero-order valence-electron chi connectivity index (χ0n) is 30.7. The zero-order valence-corrected chi connectivity index (χ0v) is 31.5. The lowest BCUT2D eigenvalue weighted by atomic mass is 9.70. The van der Waals surface area contributed by atoms with Gasteiger partial charge in [0, 0.05) is 48.9 Å². The molecular weight excluding hydrogens is 649 g/mol. The smallest absolute Gasteiger partial charge is 0.143 e. The van der Waals surface area contributed by atoms with Crippen LogP contribution >= 0.6 is 11.3 Å². The summed E-state index contributed by atoms with van der Waals surface area (Å²) in [4.78, 5) is 1.37. The van der Waals surface area contributed by atoms with Gasteiger partial charge in [0.25, 0.3) is 0 Å². The fourth-order valence-corrected chi connectivity index (χ4v) is 10.8. The van der Waals surface area contributed by atoms with Crippen molar-refractivity contribution in [2.45, 2.75) is 53.4 Å². The first-order chi connectivity index (χ1) is 25.1. The Labute approximate surface area is 310 Å². The SMILES string of the molecule is CC(C)(C)C1c2ccccc2-c2oc3ccccc3c2-c2cc(-c3ccc4c(c3)-c3sc5ccccc5c3-c3ccccc3C4C(C)(C)C)ccc21. The van der Waals surface area contributed by atoms with E-state index in [0.29, 0.717) is 0 Å². The molecule has 0 radical (unpaired) electrons. The molecule has 6 aromatic carbocycles. The van der Waals surface area contributed by atoms with Crippen LogP contribution in [0.15, 0.2) is 138 Å². The normalized spacial score (nSPS) is 16.3. The Morgan fingerprint density at radius 2 is 0.981 bits per heavy atom. The van der Waals surface area contributed by atoms with Gasteiger partial charge in [-0.25, -0.2) is 0 Å². The van der Waals surface area contributed by atoms with Crippen molar-refractivity contribution in [2.75, 3.05) is 0 Å². The maximum Gasteiger partial charge on any atom is 0.143 e. The molecule has 2 aliphatic carbocycles. The molecule has 2 unspecified atom stereocenters. The number of thiophene rings is 1. The predicted octanol–water partition coefficient (Wildman–Crippen LogP) is 15.0. The van der Waals surface area contributed by atoms with Crippen molar-refractivity contribution >= 4 is 32.4 Å². The number of benzene rings is 6. The topological polar surface area (TPSA) is 13.1 Å². The molecule has 10 rings (SSSR count). The average Bonchev–Trinajstić information content (AvgIpc) is 3.64. The van der Waals surface area contributed by atoms with E-state index in [-0.39, 0.29) is 22.7 Å². The number of para-hydroxylation sites is 1. The molecule has 52 heavy (non-hydrogen) atoms. The average molecular weight is 691 g/mol. The van der Waals surface area contributed by atoms with Gasteiger partial charge in [0.2, 0.25) is 0 Å². The minimum Gasteiger partial charge on any atom is -0.455 e. The molecule has 0 N–H and O–H groups in total. The predicted molar refractivity (Wildman–Crippen MR) is 221 cm³/mol. The van der Waals surface area contributed by atoms with Crippen molar-refractivity contribution in [3.8, 4) is 55.1 Å². The van der Waals surface area contributed by atoms with Crippen LogP contribution in [0.5, 0.6) is 0 Å². The van der Waals surface area contributed by atoms with Crippen LogP contribution in [0.2, 0.25) is 0 Å². The van der Waals surface area contributed by atoms with Gasteiger partial charge in [0.1, 0.15) is 11.3 Å². The van der Waals surface area contributed by atoms with E-state index in [1.165, 1.54) is 87.1 Å². The van der Waals surface area contributed by atoms with E-state index in [0.717, 1.165) is 11.3 Å². The maximum atomic E-state index is 6.79. The van der Waals surface area contributed by atoms with Gasteiger partial charge in [-0.1, -0.05) is 151 Å². The summed E-state index contributed by atoms with van der Waals surface area (Å²) in [5.41, 5.74) is 16.7. The summed E-state index contributed by atoms with van der Waals surface area (Å²) < 4.78 is 8.13. The zero-order chi connectivity index (χ0) is 35.5. The lowest BCUT2D eigenvalue weighted by Gasteiger charge is -2.33. The molecule has 1 nitrogen and oxygen atoms in total. The molecule has 0 saturated carbocycles. The summed E-state index contributed by atoms with van der Waals surface area (Å²) in [5.74, 6) is 1.43. The van der Waals surface area contributed by atoms with Crippen LogP contribution in [0.25, 0.3) is 76.2 Å². The van der Waals surface area contributed by atoms with E-state index in [1.54, 1.807) is 0 Å². The summed E-state index contributed by atoms with van der Waals surface area (Å²) in [7, 11) is 0. The Kier molecular flexibility index (Phi) is 6.77. The van der Waals surface area contributed by atoms with E-state index < -0.39 is 0 Å². The lowest BCUT2D eigenvalue weighted by Crippen LogP contribution is -2.20. The second-order valence-corrected chi connectivity index (χ2v) is 18.0. The van der Waals surface area contributed by atoms with Crippen molar-refractivity contribution in [3.63, 3.8) is 0 Å². The Hall–Kier alpha value is -5.18. The molecule has 2 aromatic heterocycles. The summed E-state index contributed by atoms with van der Waals surface area (Å²) in [6, 6.07) is 50.1. The van der Waals surface area contributed by atoms with E-state index >= 15 is 0 Å². The van der Waals surface area contributed by atoms with Crippen LogP contribution in [0.1, 0.15) is 75.6 Å². The first kappa shape index (κ1) is 31.5. The Morgan fingerprint density at radius 3 is 1.67 bits per heavy atom. The van der Waals surface area contributed by atoms with Gasteiger partial charge in [0.15, 0.2) is 0 Å². The van der Waals surface area contributed by atoms with Gasteiger partial charge in [-0.2, -0.15) is 0 Å². The molecule has 2 heteroatoms. The molecule has 2 aliphatic rings. The molecule has 0 bridgehead atoms. The Balaban J connectivity index is 1.25. The van der Waals surface area contributed by atoms with Crippen molar-refractivity contribution in [2.24, 2.45) is 10.8 Å². The number of furan rings is 1. The van der Waals surface area contributed by atoms with Crippen LogP contribution in [0, 0.1) is 10.8 Å². The number of hydrogen-bond donors (Lipinski definition) is 0. The number of fused-ring (bicyclic) bond motifs is 14. The van der Waals surface area contributed by atoms with Crippen LogP contribution < -0.4 is 0 Å². The number of hydrogen-bond acceptors (Lipinski definition) is 2. The second kappa shape index (κ2) is 11.2. The van der Waals surface area contributed by atoms with Crippen molar-refractivity contribution in [1.82, 2.24) is 0 Å². The molecule has 254 valence electrons. The second-order valence-electron chi connectivity index (χ2n) is 17.0. The molecule has 0 aliphatic heterocycles. The fourth-order valence-electron chi connectivity index (χ4n) is 9.53. The lowest BCUT2D eigenvalue weighted by molar-refractivity contribution is 0.359. The molecular formula is C50H42OS. The Bertz CT molecular complexity index is 2720. The third-order valence-electron chi connectivity index (χ3n) is 11.6. The van der Waals surface area contributed by atoms with Gasteiger partial charge in [-0.15, -0.1) is 11.3 Å². The van der Waals surface area contributed by atoms with Gasteiger partial charge in [0.05, 0.1) is 0 Å². The van der Waals surface area contributed by atoms with Crippen LogP contribution in [0.4, 0.5) is 0 Å². The minimum atomic E-state index is -0.00966. The summed E-state index contributed by atoms with van der Waals surface area (Å²) in [6.45, 7) is 14.3. The van der Waals surface area contributed by atoms with Gasteiger partial charge in [-0.05, 0) is 85.2 Å². The molecule has 2 atom stereocenters. The van der Waals surface area contributed by atoms with Gasteiger partial charge >= 0.3 is 0 Å². The highest BCUT2D eigenvalue weighted by atomic mass is 32.1. The van der Waals surface area contributed by atoms with E-state index in [2.05, 4.69) is 175 Å². The summed E-state index contributed by atoms with van der Waals surface area (Å²) in [6.07, 6.45) is 0. The van der Waals surface area contributed by atoms with Crippen LogP contribution in [0.3, 0.4) is 0 Å². The van der Waals surface area contributed by atoms with E-state index in [4.69, 9.17) is 4.42 Å². The Morgan fingerprint density at radius 1 is 0.462 bits per heavy atom. The summed E-state index contributed by atoms with van der Waals surface area (Å²) >= 11 is 1.94. The first-order valence-electron chi connectivity index (χ1n) is 18.6. The van der Waals surface area contributed by atoms with E-state index in [1.807, 2.05) is 11.3 Å². The monoisotopic (exact) mass is 690 g/mol. The fraction of sp³-hybridized carbons (Fsp3) is 0.200. The van der Waals surface area contributed by atoms with Crippen LogP contribution in [-0.4, -0.2) is 0 Å². The van der Waals surface area contributed by atoms with Crippen LogP contribution in [-0.2, 0) is 0 Å². The third-order valence-corrected chi connectivity index (χ3v) is 12.8. The van der Waals surface area contributed by atoms with E-state index in [9.17, 15) is 0 Å². The minimum absolute atomic E-state index is 0.00966. The molecule has 0 saturated heterocycles. The largest absolute Gasteiger partial charge is 0.455 e. The highest BCUT2D eigenvalue weighted by Gasteiger charge is 2.38. The standard InChI is InChI=1S/C50H42OS/c1-49(2,3)45-32-16-8-7-15-31(32)44-38-20-12-14-22-42(38)52-48(44)40-28-30(24-26-35(40)45)29-23-25-34-39(27-29)43-37-19-11-13-21-41(37)51-47(43)36-18-10-9-17-33(36)46(34)50(4,5)6/h7-28,45-46H,1-6H3. The van der Waals surface area contributed by atoms with Gasteiger partial charge in [-0.3, -0.25) is 0 Å². The van der Waals surface area contributed by atoms with Crippen molar-refractivity contribution < 1.29 is 4.42 Å². The molecule has 0 spiro atoms.